The van der Waals surface area contributed by atoms with Gasteiger partial charge in [0.15, 0.2) is 0 Å². The average Bonchev–Trinajstić information content (AvgIpc) is 2.16. The molecule has 0 heterocycles. The molecule has 0 fully saturated rings. The summed E-state index contributed by atoms with van der Waals surface area (Å²) < 4.78 is 0. The predicted molar refractivity (Wildman–Crippen MR) is 65.3 cm³/mol. The fraction of sp³-hybridized carbons (Fsp3) is 0.538. The van der Waals surface area contributed by atoms with E-state index in [9.17, 15) is 10.2 Å². The highest BCUT2D eigenvalue weighted by atomic mass is 16.3. The maximum atomic E-state index is 9.73. The lowest BCUT2D eigenvalue weighted by molar-refractivity contribution is 0.0810. The Morgan fingerprint density at radius 3 is 2.25 bits per heavy atom. The summed E-state index contributed by atoms with van der Waals surface area (Å²) in [6.07, 6.45) is 0.149. The third-order valence-electron chi connectivity index (χ3n) is 2.40. The maximum absolute atomic E-state index is 9.73. The monoisotopic (exact) mass is 223 g/mol. The van der Waals surface area contributed by atoms with Gasteiger partial charge >= 0.3 is 0 Å². The van der Waals surface area contributed by atoms with E-state index < -0.39 is 11.7 Å². The lowest BCUT2D eigenvalue weighted by Crippen LogP contribution is -2.22. The fourth-order valence-electron chi connectivity index (χ4n) is 1.67. The van der Waals surface area contributed by atoms with Crippen LogP contribution >= 0.6 is 0 Å². The predicted octanol–water partition coefficient (Wildman–Crippen LogP) is 1.25. The molecular weight excluding hydrogens is 202 g/mol. The first kappa shape index (κ1) is 13.2. The average molecular weight is 223 g/mol. The van der Waals surface area contributed by atoms with Crippen molar-refractivity contribution in [3.63, 3.8) is 0 Å². The molecule has 0 radical (unpaired) electrons. The zero-order chi connectivity index (χ0) is 12.2. The van der Waals surface area contributed by atoms with Crippen LogP contribution in [0.3, 0.4) is 0 Å². The van der Waals surface area contributed by atoms with E-state index in [1.165, 1.54) is 0 Å². The molecule has 0 aliphatic carbocycles. The minimum absolute atomic E-state index is 0.471. The van der Waals surface area contributed by atoms with Gasteiger partial charge in [-0.05, 0) is 32.0 Å². The Bertz CT molecular complexity index is 314. The second kappa shape index (κ2) is 5.43. The summed E-state index contributed by atoms with van der Waals surface area (Å²) in [6, 6.07) is 7.71. The molecule has 3 N–H and O–H groups in total. The zero-order valence-corrected chi connectivity index (χ0v) is 10.2. The summed E-state index contributed by atoms with van der Waals surface area (Å²) in [6.45, 7) is 4.12. The van der Waals surface area contributed by atoms with Crippen LogP contribution in [0.2, 0.25) is 0 Å². The molecule has 0 bridgehead atoms. The first-order valence-electron chi connectivity index (χ1n) is 5.56. The minimum Gasteiger partial charge on any atom is -0.390 e. The van der Waals surface area contributed by atoms with Crippen LogP contribution in [0.25, 0.3) is 0 Å². The van der Waals surface area contributed by atoms with E-state index in [1.54, 1.807) is 13.8 Å². The van der Waals surface area contributed by atoms with Crippen molar-refractivity contribution in [2.75, 3.05) is 13.6 Å². The molecule has 1 rings (SSSR count). The van der Waals surface area contributed by atoms with Crippen LogP contribution in [0.1, 0.15) is 31.1 Å². The van der Waals surface area contributed by atoms with E-state index in [-0.39, 0.29) is 0 Å². The number of benzene rings is 1. The van der Waals surface area contributed by atoms with Crippen LogP contribution in [0.15, 0.2) is 24.3 Å². The van der Waals surface area contributed by atoms with E-state index in [2.05, 4.69) is 5.32 Å². The first-order valence-corrected chi connectivity index (χ1v) is 5.56. The normalized spacial score (nSPS) is 13.8. The molecule has 3 nitrogen and oxygen atoms in total. The highest BCUT2D eigenvalue weighted by Crippen LogP contribution is 2.16. The molecule has 1 aromatic rings. The Balaban J connectivity index is 2.68. The van der Waals surface area contributed by atoms with Gasteiger partial charge in [-0.2, -0.15) is 0 Å². The quantitative estimate of drug-likeness (QED) is 0.704. The van der Waals surface area contributed by atoms with Crippen molar-refractivity contribution in [1.82, 2.24) is 5.32 Å². The van der Waals surface area contributed by atoms with Gasteiger partial charge in [0.25, 0.3) is 0 Å². The zero-order valence-electron chi connectivity index (χ0n) is 10.2. The highest BCUT2D eigenvalue weighted by Gasteiger charge is 2.13. The van der Waals surface area contributed by atoms with Gasteiger partial charge in [-0.25, -0.2) is 0 Å². The van der Waals surface area contributed by atoms with Crippen molar-refractivity contribution >= 4 is 0 Å². The second-order valence-corrected chi connectivity index (χ2v) is 4.80. The molecule has 0 amide bonds. The lowest BCUT2D eigenvalue weighted by Gasteiger charge is -2.17. The number of aliphatic hydroxyl groups is 2. The molecule has 0 saturated carbocycles. The van der Waals surface area contributed by atoms with Gasteiger partial charge < -0.3 is 15.5 Å². The van der Waals surface area contributed by atoms with E-state index in [4.69, 9.17) is 0 Å². The van der Waals surface area contributed by atoms with Gasteiger partial charge in [-0.15, -0.1) is 0 Å². The number of nitrogens with one attached hydrogen (secondary N) is 1. The van der Waals surface area contributed by atoms with Crippen molar-refractivity contribution in [3.05, 3.63) is 35.4 Å². The summed E-state index contributed by atoms with van der Waals surface area (Å²) >= 11 is 0. The molecule has 90 valence electrons. The van der Waals surface area contributed by atoms with Crippen LogP contribution in [-0.4, -0.2) is 29.4 Å². The van der Waals surface area contributed by atoms with E-state index in [1.807, 2.05) is 31.3 Å². The first-order chi connectivity index (χ1) is 7.42. The van der Waals surface area contributed by atoms with Gasteiger partial charge in [-0.3, -0.25) is 0 Å². The van der Waals surface area contributed by atoms with E-state index in [0.717, 1.165) is 11.1 Å². The van der Waals surface area contributed by atoms with Crippen LogP contribution in [0, 0.1) is 0 Å². The molecule has 16 heavy (non-hydrogen) atoms. The maximum Gasteiger partial charge on any atom is 0.0914 e. The minimum atomic E-state index is -0.689. The van der Waals surface area contributed by atoms with Crippen molar-refractivity contribution in [2.24, 2.45) is 0 Å². The molecule has 0 saturated heterocycles. The van der Waals surface area contributed by atoms with Gasteiger partial charge in [0.2, 0.25) is 0 Å². The van der Waals surface area contributed by atoms with Gasteiger partial charge in [-0.1, -0.05) is 24.3 Å². The van der Waals surface area contributed by atoms with Gasteiger partial charge in [0.05, 0.1) is 11.7 Å². The summed E-state index contributed by atoms with van der Waals surface area (Å²) in [7, 11) is 1.81. The van der Waals surface area contributed by atoms with Crippen LogP contribution in [0.4, 0.5) is 0 Å². The van der Waals surface area contributed by atoms with Crippen molar-refractivity contribution < 1.29 is 10.2 Å². The summed E-state index contributed by atoms with van der Waals surface area (Å²) in [4.78, 5) is 0. The second-order valence-electron chi connectivity index (χ2n) is 4.80. The number of hydrogen-bond donors (Lipinski definition) is 3. The Hall–Kier alpha value is -0.900. The van der Waals surface area contributed by atoms with Crippen LogP contribution in [0.5, 0.6) is 0 Å². The molecular formula is C13H21NO2. The summed E-state index contributed by atoms with van der Waals surface area (Å²) in [5, 5.41) is 22.3. The Kier molecular flexibility index (Phi) is 4.47. The largest absolute Gasteiger partial charge is 0.390 e. The molecule has 1 aromatic carbocycles. The van der Waals surface area contributed by atoms with E-state index in [0.29, 0.717) is 13.0 Å². The molecule has 0 aliphatic heterocycles. The topological polar surface area (TPSA) is 52.5 Å². The van der Waals surface area contributed by atoms with Crippen molar-refractivity contribution in [1.29, 1.82) is 0 Å². The van der Waals surface area contributed by atoms with Crippen molar-refractivity contribution in [3.8, 4) is 0 Å². The third kappa shape index (κ3) is 4.31. The number of hydrogen-bond acceptors (Lipinski definition) is 3. The fourth-order valence-corrected chi connectivity index (χ4v) is 1.67. The van der Waals surface area contributed by atoms with Gasteiger partial charge in [0, 0.05) is 13.0 Å². The third-order valence-corrected chi connectivity index (χ3v) is 2.40. The molecule has 0 spiro atoms. The van der Waals surface area contributed by atoms with Gasteiger partial charge in [0.1, 0.15) is 0 Å². The Morgan fingerprint density at radius 1 is 1.25 bits per heavy atom. The SMILES string of the molecule is CNCC(O)c1ccc(CC(C)(C)O)cc1. The summed E-state index contributed by atoms with van der Waals surface area (Å²) in [5.74, 6) is 0. The summed E-state index contributed by atoms with van der Waals surface area (Å²) in [5.41, 5.74) is 1.28. The molecule has 0 aromatic heterocycles. The molecule has 3 heteroatoms. The standard InChI is InChI=1S/C13H21NO2/c1-13(2,16)8-10-4-6-11(7-5-10)12(15)9-14-3/h4-7,12,14-16H,8-9H2,1-3H3. The van der Waals surface area contributed by atoms with Crippen LogP contribution in [-0.2, 0) is 6.42 Å². The molecule has 1 unspecified atom stereocenters. The Morgan fingerprint density at radius 2 is 1.81 bits per heavy atom. The van der Waals surface area contributed by atoms with Crippen LogP contribution < -0.4 is 5.32 Å². The number of aliphatic hydroxyl groups excluding tert-OH is 1. The number of rotatable bonds is 5. The van der Waals surface area contributed by atoms with Crippen molar-refractivity contribution in [2.45, 2.75) is 32.0 Å². The molecule has 1 atom stereocenters. The molecule has 0 aliphatic rings. The number of likely N-dealkylation sites (N-methyl/N-ethyl adjacent to an activating group) is 1. The van der Waals surface area contributed by atoms with E-state index >= 15 is 0 Å². The highest BCUT2D eigenvalue weighted by molar-refractivity contribution is 5.25. The lowest BCUT2D eigenvalue weighted by atomic mass is 9.97. The smallest absolute Gasteiger partial charge is 0.0914 e. The Labute approximate surface area is 97.1 Å².